The predicted octanol–water partition coefficient (Wildman–Crippen LogP) is 4.10. The summed E-state index contributed by atoms with van der Waals surface area (Å²) < 4.78 is 5.58. The Balaban J connectivity index is 1.55. The van der Waals surface area contributed by atoms with E-state index in [1.807, 2.05) is 37.4 Å². The third-order valence-electron chi connectivity index (χ3n) is 5.23. The minimum absolute atomic E-state index is 0.161. The number of likely N-dealkylation sites (tertiary alicyclic amines) is 1. The zero-order chi connectivity index (χ0) is 16.9. The number of nitrogens with zero attached hydrogens (tertiary/aromatic N) is 2. The van der Waals surface area contributed by atoms with Crippen molar-refractivity contribution < 1.29 is 9.53 Å². The minimum Gasteiger partial charge on any atom is -0.444 e. The Hall–Kier alpha value is -1.36. The van der Waals surface area contributed by atoms with Gasteiger partial charge in [-0.2, -0.15) is 0 Å². The van der Waals surface area contributed by atoms with Gasteiger partial charge in [0.25, 0.3) is 0 Å². The van der Waals surface area contributed by atoms with Crippen LogP contribution in [-0.2, 0) is 4.74 Å². The predicted molar refractivity (Wildman–Crippen MR) is 98.1 cm³/mol. The SMILES string of the molecule is CC(C)(C)OC(=O)N1CCC2c3cccc4c3N(CCS4)C2CC1. The van der Waals surface area contributed by atoms with Gasteiger partial charge in [0, 0.05) is 42.2 Å². The quantitative estimate of drug-likeness (QED) is 0.708. The summed E-state index contributed by atoms with van der Waals surface area (Å²) in [7, 11) is 0. The molecule has 2 atom stereocenters. The zero-order valence-corrected chi connectivity index (χ0v) is 15.6. The summed E-state index contributed by atoms with van der Waals surface area (Å²) in [5, 5.41) is 0. The lowest BCUT2D eigenvalue weighted by Gasteiger charge is -2.33. The molecule has 3 aliphatic heterocycles. The van der Waals surface area contributed by atoms with Crippen LogP contribution >= 0.6 is 11.8 Å². The summed E-state index contributed by atoms with van der Waals surface area (Å²) in [6.45, 7) is 8.51. The average molecular weight is 346 g/mol. The second kappa shape index (κ2) is 5.87. The first-order valence-corrected chi connectivity index (χ1v) is 9.93. The van der Waals surface area contributed by atoms with Gasteiger partial charge in [0.1, 0.15) is 5.60 Å². The molecule has 0 aromatic heterocycles. The number of amides is 1. The molecule has 0 N–H and O–H groups in total. The van der Waals surface area contributed by atoms with Crippen LogP contribution in [0, 0.1) is 0 Å². The van der Waals surface area contributed by atoms with Crippen molar-refractivity contribution in [3.8, 4) is 0 Å². The molecule has 4 nitrogen and oxygen atoms in total. The molecule has 0 radical (unpaired) electrons. The first-order chi connectivity index (χ1) is 11.4. The molecule has 1 fully saturated rings. The van der Waals surface area contributed by atoms with Crippen LogP contribution in [0.3, 0.4) is 0 Å². The van der Waals surface area contributed by atoms with Gasteiger partial charge < -0.3 is 14.5 Å². The van der Waals surface area contributed by atoms with E-state index in [0.29, 0.717) is 12.0 Å². The number of rotatable bonds is 0. The Labute approximate surface area is 148 Å². The van der Waals surface area contributed by atoms with Crippen LogP contribution in [0.5, 0.6) is 0 Å². The molecule has 3 heterocycles. The van der Waals surface area contributed by atoms with Crippen molar-refractivity contribution in [2.24, 2.45) is 0 Å². The smallest absolute Gasteiger partial charge is 0.410 e. The van der Waals surface area contributed by atoms with Gasteiger partial charge in [-0.15, -0.1) is 11.8 Å². The fraction of sp³-hybridized carbons (Fsp3) is 0.632. The Kier molecular flexibility index (Phi) is 3.94. The number of carbonyl (C=O) groups excluding carboxylic acids is 1. The Morgan fingerprint density at radius 1 is 1.21 bits per heavy atom. The molecule has 3 aliphatic rings. The van der Waals surface area contributed by atoms with Crippen molar-refractivity contribution in [3.63, 3.8) is 0 Å². The highest BCUT2D eigenvalue weighted by Crippen LogP contribution is 2.51. The fourth-order valence-electron chi connectivity index (χ4n) is 4.29. The lowest BCUT2D eigenvalue weighted by molar-refractivity contribution is 0.0255. The summed E-state index contributed by atoms with van der Waals surface area (Å²) in [4.78, 5) is 18.4. The van der Waals surface area contributed by atoms with Gasteiger partial charge in [-0.05, 0) is 45.2 Å². The van der Waals surface area contributed by atoms with Crippen molar-refractivity contribution in [2.45, 2.75) is 56.1 Å². The molecule has 130 valence electrons. The van der Waals surface area contributed by atoms with Crippen LogP contribution < -0.4 is 4.90 Å². The summed E-state index contributed by atoms with van der Waals surface area (Å²) in [5.41, 5.74) is 2.55. The van der Waals surface area contributed by atoms with E-state index >= 15 is 0 Å². The lowest BCUT2D eigenvalue weighted by atomic mass is 9.91. The van der Waals surface area contributed by atoms with E-state index < -0.39 is 5.60 Å². The first-order valence-electron chi connectivity index (χ1n) is 8.94. The van der Waals surface area contributed by atoms with Crippen LogP contribution in [0.15, 0.2) is 23.1 Å². The summed E-state index contributed by atoms with van der Waals surface area (Å²) in [6.07, 6.45) is 1.90. The summed E-state index contributed by atoms with van der Waals surface area (Å²) >= 11 is 1.98. The number of ether oxygens (including phenoxy) is 1. The van der Waals surface area contributed by atoms with Crippen molar-refractivity contribution in [1.29, 1.82) is 0 Å². The molecule has 1 aromatic rings. The van der Waals surface area contributed by atoms with Crippen LogP contribution in [0.2, 0.25) is 0 Å². The van der Waals surface area contributed by atoms with Crippen LogP contribution in [0.4, 0.5) is 10.5 Å². The van der Waals surface area contributed by atoms with E-state index in [1.165, 1.54) is 16.1 Å². The molecular formula is C19H26N2O2S. The van der Waals surface area contributed by atoms with Gasteiger partial charge in [-0.25, -0.2) is 4.79 Å². The van der Waals surface area contributed by atoms with Gasteiger partial charge in [0.15, 0.2) is 0 Å². The molecule has 0 aliphatic carbocycles. The molecule has 0 spiro atoms. The molecule has 5 heteroatoms. The maximum absolute atomic E-state index is 12.4. The largest absolute Gasteiger partial charge is 0.444 e. The van der Waals surface area contributed by atoms with E-state index in [0.717, 1.165) is 38.2 Å². The third-order valence-corrected chi connectivity index (χ3v) is 6.26. The highest BCUT2D eigenvalue weighted by atomic mass is 32.2. The van der Waals surface area contributed by atoms with Gasteiger partial charge in [-0.3, -0.25) is 0 Å². The molecule has 4 rings (SSSR count). The third kappa shape index (κ3) is 2.77. The van der Waals surface area contributed by atoms with Gasteiger partial charge in [0.2, 0.25) is 0 Å². The van der Waals surface area contributed by atoms with Crippen LogP contribution in [0.1, 0.15) is 45.1 Å². The molecule has 0 bridgehead atoms. The Morgan fingerprint density at radius 2 is 2.00 bits per heavy atom. The molecule has 1 aromatic carbocycles. The average Bonchev–Trinajstić information content (AvgIpc) is 2.69. The molecule has 1 saturated heterocycles. The van der Waals surface area contributed by atoms with Crippen molar-refractivity contribution in [2.75, 3.05) is 30.3 Å². The first kappa shape index (κ1) is 16.1. The second-order valence-corrected chi connectivity index (χ2v) is 9.09. The number of thioether (sulfide) groups is 1. The molecule has 1 amide bonds. The van der Waals surface area contributed by atoms with Crippen LogP contribution in [-0.4, -0.2) is 48.0 Å². The summed E-state index contributed by atoms with van der Waals surface area (Å²) in [5.74, 6) is 1.71. The highest BCUT2D eigenvalue weighted by molar-refractivity contribution is 7.99. The van der Waals surface area contributed by atoms with Crippen LogP contribution in [0.25, 0.3) is 0 Å². The molecular weight excluding hydrogens is 320 g/mol. The van der Waals surface area contributed by atoms with E-state index in [-0.39, 0.29) is 6.09 Å². The van der Waals surface area contributed by atoms with E-state index in [9.17, 15) is 4.79 Å². The molecule has 2 unspecified atom stereocenters. The Bertz CT molecular complexity index is 655. The normalized spacial score (nSPS) is 25.8. The maximum Gasteiger partial charge on any atom is 0.410 e. The van der Waals surface area contributed by atoms with Crippen molar-refractivity contribution in [1.82, 2.24) is 4.90 Å². The number of para-hydroxylation sites is 1. The highest BCUT2D eigenvalue weighted by Gasteiger charge is 2.42. The van der Waals surface area contributed by atoms with Gasteiger partial charge in [0.05, 0.1) is 5.69 Å². The summed E-state index contributed by atoms with van der Waals surface area (Å²) in [6, 6.07) is 7.29. The lowest BCUT2D eigenvalue weighted by Crippen LogP contribution is -2.40. The molecule has 24 heavy (non-hydrogen) atoms. The number of fused-ring (bicyclic) bond motifs is 3. The van der Waals surface area contributed by atoms with Gasteiger partial charge in [-0.1, -0.05) is 12.1 Å². The number of anilines is 1. The second-order valence-electron chi connectivity index (χ2n) is 7.95. The zero-order valence-electron chi connectivity index (χ0n) is 14.7. The topological polar surface area (TPSA) is 32.8 Å². The van der Waals surface area contributed by atoms with Gasteiger partial charge >= 0.3 is 6.09 Å². The number of hydrogen-bond acceptors (Lipinski definition) is 4. The minimum atomic E-state index is -0.426. The number of benzene rings is 1. The molecule has 0 saturated carbocycles. The number of hydrogen-bond donors (Lipinski definition) is 0. The van der Waals surface area contributed by atoms with E-state index in [1.54, 1.807) is 0 Å². The standard InChI is InChI=1S/C19H26N2O2S/c1-19(2,3)23-18(22)20-9-7-13-14-5-4-6-16-17(14)21(11-12-24-16)15(13)8-10-20/h4-6,13,15H,7-12H2,1-3H3. The van der Waals surface area contributed by atoms with Crippen molar-refractivity contribution >= 4 is 23.5 Å². The Morgan fingerprint density at radius 3 is 2.79 bits per heavy atom. The number of carbonyl (C=O) groups is 1. The van der Waals surface area contributed by atoms with E-state index in [2.05, 4.69) is 23.1 Å². The van der Waals surface area contributed by atoms with Crippen molar-refractivity contribution in [3.05, 3.63) is 23.8 Å². The fourth-order valence-corrected chi connectivity index (χ4v) is 5.35. The maximum atomic E-state index is 12.4. The van der Waals surface area contributed by atoms with E-state index in [4.69, 9.17) is 4.74 Å². The monoisotopic (exact) mass is 346 g/mol.